The Morgan fingerprint density at radius 1 is 1.57 bits per heavy atom. The van der Waals surface area contributed by atoms with E-state index in [1.807, 2.05) is 0 Å². The number of rotatable bonds is 1. The molecule has 74 valence electrons. The number of carbonyl (C=O) groups is 3. The van der Waals surface area contributed by atoms with Crippen molar-refractivity contribution in [3.05, 3.63) is 11.3 Å². The topological polar surface area (TPSA) is 74.7 Å². The lowest BCUT2D eigenvalue weighted by Gasteiger charge is -2.41. The van der Waals surface area contributed by atoms with Crippen LogP contribution in [0.5, 0.6) is 0 Å². The van der Waals surface area contributed by atoms with Crippen LogP contribution in [0.3, 0.4) is 0 Å². The van der Waals surface area contributed by atoms with Gasteiger partial charge in [-0.05, 0) is 12.5 Å². The zero-order valence-corrected chi connectivity index (χ0v) is 8.13. The fourth-order valence-electron chi connectivity index (χ4n) is 1.51. The van der Waals surface area contributed by atoms with Crippen LogP contribution in [0.2, 0.25) is 0 Å². The van der Waals surface area contributed by atoms with Gasteiger partial charge in [-0.25, -0.2) is 4.79 Å². The van der Waals surface area contributed by atoms with Gasteiger partial charge in [0.05, 0.1) is 0 Å². The summed E-state index contributed by atoms with van der Waals surface area (Å²) >= 11 is 1.29. The summed E-state index contributed by atoms with van der Waals surface area (Å²) in [5, 5.41) is 8.26. The number of fused-ring (bicyclic) bond motifs is 1. The van der Waals surface area contributed by atoms with Gasteiger partial charge in [0.25, 0.3) is 11.7 Å². The zero-order chi connectivity index (χ0) is 10.5. The Bertz CT molecular complexity index is 387. The maximum atomic E-state index is 11.1. The minimum absolute atomic E-state index is 0.0293. The predicted molar refractivity (Wildman–Crippen MR) is 48.4 cm³/mol. The van der Waals surface area contributed by atoms with E-state index in [4.69, 9.17) is 5.11 Å². The number of hydrogen-bond donors (Lipinski definition) is 1. The molecule has 5 nitrogen and oxygen atoms in total. The molecule has 1 saturated heterocycles. The summed E-state index contributed by atoms with van der Waals surface area (Å²) in [6.07, 6.45) is 0. The Hall–Kier alpha value is -1.30. The first-order valence-corrected chi connectivity index (χ1v) is 5.01. The smallest absolute Gasteiger partial charge is 0.352 e. The first-order valence-electron chi connectivity index (χ1n) is 3.96. The number of ketones is 1. The molecule has 0 aromatic carbocycles. The van der Waals surface area contributed by atoms with Crippen LogP contribution in [0, 0.1) is 0 Å². The summed E-state index contributed by atoms with van der Waals surface area (Å²) in [6, 6.07) is 0. The molecule has 2 heterocycles. The van der Waals surface area contributed by atoms with Crippen molar-refractivity contribution in [2.75, 3.05) is 5.75 Å². The van der Waals surface area contributed by atoms with E-state index in [9.17, 15) is 14.4 Å². The highest BCUT2D eigenvalue weighted by molar-refractivity contribution is 8.01. The number of hydrogen-bond acceptors (Lipinski definition) is 4. The molecule has 2 rings (SSSR count). The van der Waals surface area contributed by atoms with E-state index in [2.05, 4.69) is 0 Å². The van der Waals surface area contributed by atoms with Crippen molar-refractivity contribution in [2.24, 2.45) is 0 Å². The van der Waals surface area contributed by atoms with Crippen LogP contribution in [-0.2, 0) is 14.4 Å². The number of carboxylic acid groups (broad SMARTS) is 1. The first-order chi connectivity index (χ1) is 6.54. The molecule has 0 spiro atoms. The molecule has 0 saturated carbocycles. The van der Waals surface area contributed by atoms with Gasteiger partial charge in [-0.1, -0.05) is 0 Å². The van der Waals surface area contributed by atoms with Gasteiger partial charge in [-0.2, -0.15) is 0 Å². The number of aliphatic carboxylic acids is 1. The van der Waals surface area contributed by atoms with E-state index in [1.54, 1.807) is 6.92 Å². The molecule has 2 aliphatic rings. The van der Waals surface area contributed by atoms with Gasteiger partial charge in [0.2, 0.25) is 0 Å². The highest BCUT2D eigenvalue weighted by Gasteiger charge is 2.52. The van der Waals surface area contributed by atoms with Crippen molar-refractivity contribution in [3.63, 3.8) is 0 Å². The highest BCUT2D eigenvalue weighted by atomic mass is 32.2. The lowest BCUT2D eigenvalue weighted by molar-refractivity contribution is -0.156. The Balaban J connectivity index is 2.41. The maximum Gasteiger partial charge on any atom is 0.352 e. The third-order valence-corrected chi connectivity index (χ3v) is 3.53. The Morgan fingerprint density at radius 3 is 2.79 bits per heavy atom. The Labute approximate surface area is 83.8 Å². The average molecular weight is 213 g/mol. The number of thioether (sulfide) groups is 1. The molecule has 0 unspecified atom stereocenters. The van der Waals surface area contributed by atoms with Crippen LogP contribution >= 0.6 is 11.8 Å². The van der Waals surface area contributed by atoms with Gasteiger partial charge < -0.3 is 5.11 Å². The minimum atomic E-state index is -1.14. The van der Waals surface area contributed by atoms with Gasteiger partial charge in [0.15, 0.2) is 5.37 Å². The Morgan fingerprint density at radius 2 is 2.21 bits per heavy atom. The molecule has 0 aromatic rings. The summed E-state index contributed by atoms with van der Waals surface area (Å²) in [6.45, 7) is 1.66. The first kappa shape index (κ1) is 9.26. The summed E-state index contributed by atoms with van der Waals surface area (Å²) < 4.78 is 0. The van der Waals surface area contributed by atoms with Crippen LogP contribution in [0.15, 0.2) is 11.3 Å². The summed E-state index contributed by atoms with van der Waals surface area (Å²) in [5.41, 5.74) is 0.595. The van der Waals surface area contributed by atoms with Gasteiger partial charge >= 0.3 is 5.97 Å². The van der Waals surface area contributed by atoms with E-state index in [0.29, 0.717) is 11.3 Å². The molecule has 6 heteroatoms. The number of carboxylic acids is 1. The van der Waals surface area contributed by atoms with Gasteiger partial charge in [0, 0.05) is 5.75 Å². The van der Waals surface area contributed by atoms with Crippen molar-refractivity contribution >= 4 is 29.4 Å². The van der Waals surface area contributed by atoms with E-state index < -0.39 is 23.0 Å². The van der Waals surface area contributed by atoms with Crippen LogP contribution < -0.4 is 0 Å². The molecular formula is C8H7NO4S. The SMILES string of the molecule is CC1=C(C(=O)O)N2C(=O)C(=O)[C@H]2SC1. The molecular weight excluding hydrogens is 206 g/mol. The fourth-order valence-corrected chi connectivity index (χ4v) is 2.66. The van der Waals surface area contributed by atoms with Crippen LogP contribution in [0.1, 0.15) is 6.92 Å². The third-order valence-electron chi connectivity index (χ3n) is 2.19. The number of carbonyl (C=O) groups excluding carboxylic acids is 2. The molecule has 2 aliphatic heterocycles. The molecule has 1 atom stereocenters. The van der Waals surface area contributed by atoms with Crippen molar-refractivity contribution in [1.29, 1.82) is 0 Å². The normalized spacial score (nSPS) is 26.1. The zero-order valence-electron chi connectivity index (χ0n) is 7.31. The number of amides is 1. The van der Waals surface area contributed by atoms with E-state index in [-0.39, 0.29) is 5.70 Å². The molecule has 1 fully saturated rings. The van der Waals surface area contributed by atoms with Gasteiger partial charge in [-0.3, -0.25) is 14.5 Å². The monoisotopic (exact) mass is 213 g/mol. The minimum Gasteiger partial charge on any atom is -0.477 e. The van der Waals surface area contributed by atoms with Crippen molar-refractivity contribution in [3.8, 4) is 0 Å². The molecule has 1 amide bonds. The van der Waals surface area contributed by atoms with Crippen LogP contribution in [0.25, 0.3) is 0 Å². The lowest BCUT2D eigenvalue weighted by Crippen LogP contribution is -2.62. The van der Waals surface area contributed by atoms with Crippen molar-refractivity contribution in [2.45, 2.75) is 12.3 Å². The van der Waals surface area contributed by atoms with Crippen molar-refractivity contribution < 1.29 is 19.5 Å². The largest absolute Gasteiger partial charge is 0.477 e. The van der Waals surface area contributed by atoms with E-state index in [1.165, 1.54) is 11.8 Å². The summed E-state index contributed by atoms with van der Waals surface area (Å²) in [7, 11) is 0. The second-order valence-corrected chi connectivity index (χ2v) is 4.21. The maximum absolute atomic E-state index is 11.1. The third kappa shape index (κ3) is 1.00. The number of Topliss-reactive ketones (excluding diaryl/α,β-unsaturated/α-hetero) is 1. The summed E-state index contributed by atoms with van der Waals surface area (Å²) in [4.78, 5) is 34.1. The highest BCUT2D eigenvalue weighted by Crippen LogP contribution is 2.37. The van der Waals surface area contributed by atoms with Crippen LogP contribution in [0.4, 0.5) is 0 Å². The second kappa shape index (κ2) is 2.84. The molecule has 14 heavy (non-hydrogen) atoms. The average Bonchev–Trinajstić information content (AvgIpc) is 2.15. The van der Waals surface area contributed by atoms with E-state index >= 15 is 0 Å². The standard InChI is InChI=1S/C8H7NO4S/c1-3-2-14-7-5(10)6(11)9(7)4(3)8(12)13/h7H,2H2,1H3,(H,12,13)/t7-/m1/s1. The number of β-lactam (4-membered cyclic amide) rings is 1. The van der Waals surface area contributed by atoms with Crippen LogP contribution in [-0.4, -0.2) is 38.8 Å². The van der Waals surface area contributed by atoms with E-state index in [0.717, 1.165) is 4.90 Å². The van der Waals surface area contributed by atoms with Gasteiger partial charge in [-0.15, -0.1) is 11.8 Å². The Kier molecular flexibility index (Phi) is 1.88. The van der Waals surface area contributed by atoms with Crippen molar-refractivity contribution in [1.82, 2.24) is 4.90 Å². The lowest BCUT2D eigenvalue weighted by atomic mass is 10.1. The molecule has 0 aromatic heterocycles. The second-order valence-electron chi connectivity index (χ2n) is 3.14. The molecule has 0 aliphatic carbocycles. The predicted octanol–water partition coefficient (Wildman–Crippen LogP) is -0.171. The summed E-state index contributed by atoms with van der Waals surface area (Å²) in [5.74, 6) is -1.86. The molecule has 0 radical (unpaired) electrons. The molecule has 1 N–H and O–H groups in total. The fraction of sp³-hybridized carbons (Fsp3) is 0.375. The molecule has 0 bridgehead atoms. The van der Waals surface area contributed by atoms with Gasteiger partial charge in [0.1, 0.15) is 5.70 Å². The number of nitrogens with zero attached hydrogens (tertiary/aromatic N) is 1. The quantitative estimate of drug-likeness (QED) is 0.483.